The summed E-state index contributed by atoms with van der Waals surface area (Å²) in [5, 5.41) is 26.4. The van der Waals surface area contributed by atoms with E-state index < -0.39 is 51.9 Å². The maximum absolute atomic E-state index is 12.9. The Kier molecular flexibility index (Phi) is 4.98. The average Bonchev–Trinajstić information content (AvgIpc) is 2.90. The predicted molar refractivity (Wildman–Crippen MR) is 79.5 cm³/mol. The fourth-order valence-corrected chi connectivity index (χ4v) is 2.08. The summed E-state index contributed by atoms with van der Waals surface area (Å²) >= 11 is 0. The van der Waals surface area contributed by atoms with Crippen molar-refractivity contribution in [1.82, 2.24) is 9.78 Å². The van der Waals surface area contributed by atoms with Gasteiger partial charge in [-0.1, -0.05) is 0 Å². The summed E-state index contributed by atoms with van der Waals surface area (Å²) in [6.07, 6.45) is -3.26. The molecule has 140 valence electrons. The molecule has 0 aliphatic heterocycles. The number of carbonyl (C=O) groups is 1. The van der Waals surface area contributed by atoms with Crippen LogP contribution >= 0.6 is 0 Å². The number of nitro benzene ring substituents is 1. The van der Waals surface area contributed by atoms with E-state index in [4.69, 9.17) is 0 Å². The van der Waals surface area contributed by atoms with Gasteiger partial charge in [0, 0.05) is 11.8 Å². The van der Waals surface area contributed by atoms with E-state index in [1.54, 1.807) is 0 Å². The lowest BCUT2D eigenvalue weighted by Gasteiger charge is -2.22. The molecule has 0 radical (unpaired) electrons. The minimum Gasteiger partial charge on any atom is -0.378 e. The molecule has 1 aromatic heterocycles. The number of nitrogens with zero attached hydrogens (tertiary/aromatic N) is 3. The number of nitrogens with one attached hydrogen (secondary N) is 1. The number of rotatable bonds is 5. The normalized spacial score (nSPS) is 13.9. The molecule has 1 amide bonds. The third-order valence-electron chi connectivity index (χ3n) is 3.32. The van der Waals surface area contributed by atoms with E-state index in [1.165, 1.54) is 0 Å². The first-order chi connectivity index (χ1) is 11.9. The lowest BCUT2D eigenvalue weighted by atomic mass is 10.1. The van der Waals surface area contributed by atoms with Gasteiger partial charge in [0.1, 0.15) is 5.56 Å². The fraction of sp³-hybridized carbons (Fsp3) is 0.286. The highest BCUT2D eigenvalue weighted by molar-refractivity contribution is 5.97. The number of aliphatic hydroxyl groups is 1. The van der Waals surface area contributed by atoms with Gasteiger partial charge in [-0.25, -0.2) is 4.39 Å². The first kappa shape index (κ1) is 19.3. The van der Waals surface area contributed by atoms with E-state index in [0.717, 1.165) is 30.1 Å². The molecule has 26 heavy (non-hydrogen) atoms. The van der Waals surface area contributed by atoms with Crippen LogP contribution in [0.1, 0.15) is 12.5 Å². The molecule has 0 saturated carbocycles. The van der Waals surface area contributed by atoms with E-state index in [2.05, 4.69) is 5.10 Å². The Morgan fingerprint density at radius 1 is 1.42 bits per heavy atom. The van der Waals surface area contributed by atoms with E-state index in [-0.39, 0.29) is 0 Å². The second kappa shape index (κ2) is 6.71. The van der Waals surface area contributed by atoms with Gasteiger partial charge in [-0.2, -0.15) is 18.3 Å². The number of amides is 1. The van der Waals surface area contributed by atoms with Crippen LogP contribution < -0.4 is 5.32 Å². The summed E-state index contributed by atoms with van der Waals surface area (Å²) in [4.78, 5) is 21.6. The van der Waals surface area contributed by atoms with Gasteiger partial charge in [0.15, 0.2) is 11.4 Å². The second-order valence-corrected chi connectivity index (χ2v) is 5.57. The zero-order valence-electron chi connectivity index (χ0n) is 13.1. The van der Waals surface area contributed by atoms with Crippen LogP contribution in [0.15, 0.2) is 30.6 Å². The molecule has 0 fully saturated rings. The summed E-state index contributed by atoms with van der Waals surface area (Å²) in [6.45, 7) is 0.583. The maximum Gasteiger partial charge on any atom is 0.423 e. The summed E-state index contributed by atoms with van der Waals surface area (Å²) in [5.74, 6) is -1.80. The molecule has 2 rings (SSSR count). The smallest absolute Gasteiger partial charge is 0.378 e. The number of aromatic nitrogens is 2. The number of anilines is 1. The van der Waals surface area contributed by atoms with Gasteiger partial charge in [0.25, 0.3) is 11.6 Å². The van der Waals surface area contributed by atoms with Crippen molar-refractivity contribution in [2.75, 3.05) is 5.32 Å². The third kappa shape index (κ3) is 4.33. The van der Waals surface area contributed by atoms with E-state index in [9.17, 15) is 37.6 Å². The average molecular weight is 376 g/mol. The molecule has 1 heterocycles. The highest BCUT2D eigenvalue weighted by Crippen LogP contribution is 2.37. The molecule has 0 aliphatic carbocycles. The van der Waals surface area contributed by atoms with E-state index in [0.29, 0.717) is 12.1 Å². The Hall–Kier alpha value is -3.02. The molecular formula is C14H12F4N4O4. The molecule has 0 aliphatic rings. The Balaban J connectivity index is 2.24. The number of carbonyl (C=O) groups excluding carboxylic acids is 1. The highest BCUT2D eigenvalue weighted by Gasteiger charge is 2.39. The van der Waals surface area contributed by atoms with Crippen molar-refractivity contribution in [2.45, 2.75) is 25.2 Å². The monoisotopic (exact) mass is 376 g/mol. The number of nitro groups is 1. The van der Waals surface area contributed by atoms with Crippen molar-refractivity contribution >= 4 is 17.3 Å². The van der Waals surface area contributed by atoms with Gasteiger partial charge < -0.3 is 10.4 Å². The SMILES string of the molecule is CC(O)(Cn1cc(F)cn1)C(=O)Nc1ccc([N+](=O)[O-])c(C(F)(F)F)c1. The Labute approximate surface area is 143 Å². The van der Waals surface area contributed by atoms with Gasteiger partial charge in [-0.15, -0.1) is 0 Å². The number of alkyl halides is 3. The van der Waals surface area contributed by atoms with Crippen molar-refractivity contribution in [2.24, 2.45) is 0 Å². The van der Waals surface area contributed by atoms with E-state index >= 15 is 0 Å². The van der Waals surface area contributed by atoms with Crippen molar-refractivity contribution in [3.05, 3.63) is 52.1 Å². The van der Waals surface area contributed by atoms with Crippen LogP contribution in [0.2, 0.25) is 0 Å². The van der Waals surface area contributed by atoms with Crippen LogP contribution in [0.4, 0.5) is 28.9 Å². The molecular weight excluding hydrogens is 364 g/mol. The first-order valence-electron chi connectivity index (χ1n) is 6.97. The highest BCUT2D eigenvalue weighted by atomic mass is 19.4. The van der Waals surface area contributed by atoms with Crippen molar-refractivity contribution in [3.8, 4) is 0 Å². The Morgan fingerprint density at radius 2 is 2.08 bits per heavy atom. The fourth-order valence-electron chi connectivity index (χ4n) is 2.08. The van der Waals surface area contributed by atoms with Crippen LogP contribution in [0.5, 0.6) is 0 Å². The van der Waals surface area contributed by atoms with Gasteiger partial charge in [0.05, 0.1) is 23.9 Å². The molecule has 12 heteroatoms. The van der Waals surface area contributed by atoms with Gasteiger partial charge in [-0.3, -0.25) is 19.6 Å². The van der Waals surface area contributed by atoms with Gasteiger partial charge in [0.2, 0.25) is 0 Å². The first-order valence-corrected chi connectivity index (χ1v) is 6.97. The lowest BCUT2D eigenvalue weighted by molar-refractivity contribution is -0.388. The number of hydrogen-bond acceptors (Lipinski definition) is 5. The maximum atomic E-state index is 12.9. The summed E-state index contributed by atoms with van der Waals surface area (Å²) in [7, 11) is 0. The Bertz CT molecular complexity index is 848. The summed E-state index contributed by atoms with van der Waals surface area (Å²) in [6, 6.07) is 1.88. The van der Waals surface area contributed by atoms with Gasteiger partial charge >= 0.3 is 6.18 Å². The minimum atomic E-state index is -5.02. The molecule has 2 aromatic rings. The molecule has 1 unspecified atom stereocenters. The topological polar surface area (TPSA) is 110 Å². The number of halogens is 4. The predicted octanol–water partition coefficient (Wildman–Crippen LogP) is 2.34. The molecule has 1 atom stereocenters. The zero-order valence-corrected chi connectivity index (χ0v) is 13.1. The van der Waals surface area contributed by atoms with Crippen LogP contribution in [-0.4, -0.2) is 31.3 Å². The van der Waals surface area contributed by atoms with Crippen LogP contribution in [0, 0.1) is 15.9 Å². The van der Waals surface area contributed by atoms with Crippen LogP contribution in [-0.2, 0) is 17.5 Å². The lowest BCUT2D eigenvalue weighted by Crippen LogP contribution is -2.43. The van der Waals surface area contributed by atoms with Crippen molar-refractivity contribution < 1.29 is 32.4 Å². The molecule has 0 saturated heterocycles. The number of hydrogen-bond donors (Lipinski definition) is 2. The molecule has 1 aromatic carbocycles. The molecule has 0 spiro atoms. The Morgan fingerprint density at radius 3 is 2.58 bits per heavy atom. The van der Waals surface area contributed by atoms with E-state index in [1.807, 2.05) is 5.32 Å². The minimum absolute atomic E-state index is 0.389. The van der Waals surface area contributed by atoms with Gasteiger partial charge in [-0.05, 0) is 19.1 Å². The number of benzene rings is 1. The summed E-state index contributed by atoms with van der Waals surface area (Å²) in [5.41, 5.74) is -5.26. The van der Waals surface area contributed by atoms with Crippen LogP contribution in [0.25, 0.3) is 0 Å². The molecule has 0 bridgehead atoms. The second-order valence-electron chi connectivity index (χ2n) is 5.57. The molecule has 2 N–H and O–H groups in total. The van der Waals surface area contributed by atoms with Crippen molar-refractivity contribution in [3.63, 3.8) is 0 Å². The summed E-state index contributed by atoms with van der Waals surface area (Å²) < 4.78 is 52.6. The van der Waals surface area contributed by atoms with Crippen molar-refractivity contribution in [1.29, 1.82) is 0 Å². The third-order valence-corrected chi connectivity index (χ3v) is 3.32. The standard InChI is InChI=1S/C14H12F4N4O4/c1-13(24,7-21-6-8(15)5-19-21)12(23)20-9-2-3-11(22(25)26)10(4-9)14(16,17)18/h2-6,24H,7H2,1H3,(H,20,23). The molecule has 8 nitrogen and oxygen atoms in total. The quantitative estimate of drug-likeness (QED) is 0.473. The van der Waals surface area contributed by atoms with Crippen LogP contribution in [0.3, 0.4) is 0 Å². The largest absolute Gasteiger partial charge is 0.423 e. The zero-order chi connectivity index (χ0) is 19.7.